The number of hydrogen-bond donors (Lipinski definition) is 1. The van der Waals surface area contributed by atoms with Crippen LogP contribution in [0, 0.1) is 18.8 Å². The van der Waals surface area contributed by atoms with E-state index in [1.807, 2.05) is 6.20 Å². The maximum Gasteiger partial charge on any atom is 0.490 e. The van der Waals surface area contributed by atoms with Crippen LogP contribution in [0.3, 0.4) is 0 Å². The number of pyridine rings is 1. The number of alkyl halides is 3. The molecule has 2 aromatic rings. The van der Waals surface area contributed by atoms with Gasteiger partial charge in [0.15, 0.2) is 0 Å². The minimum Gasteiger partial charge on any atom is -0.475 e. The average Bonchev–Trinajstić information content (AvgIpc) is 3.09. The quantitative estimate of drug-likeness (QED) is 0.813. The first-order chi connectivity index (χ1) is 14.2. The molecule has 4 rings (SSSR count). The third kappa shape index (κ3) is 5.88. The summed E-state index contributed by atoms with van der Waals surface area (Å²) in [6.45, 7) is 7.59. The van der Waals surface area contributed by atoms with Crippen LogP contribution < -0.4 is 4.90 Å². The second kappa shape index (κ2) is 9.38. The van der Waals surface area contributed by atoms with Crippen molar-refractivity contribution in [2.24, 2.45) is 11.8 Å². The highest BCUT2D eigenvalue weighted by Crippen LogP contribution is 2.33. The molecule has 0 amide bonds. The molecule has 0 aromatic carbocycles. The van der Waals surface area contributed by atoms with Crippen molar-refractivity contribution in [2.45, 2.75) is 26.1 Å². The number of aromatic nitrogens is 3. The lowest BCUT2D eigenvalue weighted by Crippen LogP contribution is -2.40. The van der Waals surface area contributed by atoms with Crippen LogP contribution in [-0.4, -0.2) is 63.3 Å². The number of carboxylic acid groups (broad SMARTS) is 1. The van der Waals surface area contributed by atoms with Gasteiger partial charge < -0.3 is 10.0 Å². The van der Waals surface area contributed by atoms with E-state index in [4.69, 9.17) is 9.90 Å². The Kier molecular flexibility index (Phi) is 6.86. The van der Waals surface area contributed by atoms with Gasteiger partial charge in [-0.1, -0.05) is 6.07 Å². The zero-order chi connectivity index (χ0) is 21.7. The summed E-state index contributed by atoms with van der Waals surface area (Å²) in [6, 6.07) is 6.31. The molecule has 2 saturated heterocycles. The summed E-state index contributed by atoms with van der Waals surface area (Å²) in [5, 5.41) is 7.12. The van der Waals surface area contributed by atoms with E-state index in [2.05, 4.69) is 49.9 Å². The number of aliphatic carboxylic acids is 1. The highest BCUT2D eigenvalue weighted by atomic mass is 19.4. The molecule has 0 saturated carbocycles. The standard InChI is InChI=1S/C18H23N5.C2HF3O2/c1-14-3-2-4-17(21-14)13-22-10-15-5-8-23(12-16(15)11-22)18-9-19-6-7-20-18;3-2(4,5)1(6)7/h2-4,6-7,9,15-16H,5,8,10-13H2,1H3;(H,6,7)/t15-,16-;/m1./s1. The Labute approximate surface area is 172 Å². The van der Waals surface area contributed by atoms with E-state index in [-0.39, 0.29) is 0 Å². The van der Waals surface area contributed by atoms with Gasteiger partial charge in [0.1, 0.15) is 5.82 Å². The van der Waals surface area contributed by atoms with E-state index in [0.29, 0.717) is 0 Å². The van der Waals surface area contributed by atoms with Crippen LogP contribution >= 0.6 is 0 Å². The van der Waals surface area contributed by atoms with Crippen LogP contribution in [0.4, 0.5) is 19.0 Å². The normalized spacial score (nSPS) is 21.5. The van der Waals surface area contributed by atoms with E-state index >= 15 is 0 Å². The van der Waals surface area contributed by atoms with Crippen molar-refractivity contribution < 1.29 is 23.1 Å². The lowest BCUT2D eigenvalue weighted by atomic mass is 9.89. The molecular weight excluding hydrogens is 399 g/mol. The van der Waals surface area contributed by atoms with Gasteiger partial charge in [0.05, 0.1) is 11.9 Å². The van der Waals surface area contributed by atoms with Gasteiger partial charge in [-0.2, -0.15) is 13.2 Å². The maximum absolute atomic E-state index is 10.6. The Morgan fingerprint density at radius 1 is 1.20 bits per heavy atom. The first-order valence-corrected chi connectivity index (χ1v) is 9.68. The second-order valence-corrected chi connectivity index (χ2v) is 7.59. The Morgan fingerprint density at radius 3 is 2.57 bits per heavy atom. The fourth-order valence-electron chi connectivity index (χ4n) is 3.97. The molecule has 2 atom stereocenters. The molecule has 2 aliphatic rings. The highest BCUT2D eigenvalue weighted by Gasteiger charge is 2.38. The predicted octanol–water partition coefficient (Wildman–Crippen LogP) is 2.77. The fourth-order valence-corrected chi connectivity index (χ4v) is 3.97. The van der Waals surface area contributed by atoms with Gasteiger partial charge in [-0.3, -0.25) is 14.9 Å². The first-order valence-electron chi connectivity index (χ1n) is 9.68. The molecule has 2 aromatic heterocycles. The van der Waals surface area contributed by atoms with Gasteiger partial charge in [-0.25, -0.2) is 9.78 Å². The molecule has 0 radical (unpaired) electrons. The van der Waals surface area contributed by atoms with Gasteiger partial charge in [0.2, 0.25) is 0 Å². The predicted molar refractivity (Wildman–Crippen MR) is 104 cm³/mol. The Morgan fingerprint density at radius 2 is 1.93 bits per heavy atom. The summed E-state index contributed by atoms with van der Waals surface area (Å²) >= 11 is 0. The molecular formula is C20H24F3N5O2. The summed E-state index contributed by atoms with van der Waals surface area (Å²) < 4.78 is 31.7. The highest BCUT2D eigenvalue weighted by molar-refractivity contribution is 5.73. The number of carboxylic acids is 1. The van der Waals surface area contributed by atoms with Gasteiger partial charge in [0, 0.05) is 50.8 Å². The SMILES string of the molecule is Cc1cccc(CN2C[C@H]3CCN(c4cnccn4)C[C@H]3C2)n1.O=C(O)C(F)(F)F. The van der Waals surface area contributed by atoms with Crippen LogP contribution in [0.15, 0.2) is 36.8 Å². The van der Waals surface area contributed by atoms with Gasteiger partial charge in [-0.05, 0) is 37.3 Å². The summed E-state index contributed by atoms with van der Waals surface area (Å²) in [5.41, 5.74) is 2.29. The third-order valence-electron chi connectivity index (χ3n) is 5.32. The maximum atomic E-state index is 10.6. The molecule has 0 spiro atoms. The van der Waals surface area contributed by atoms with Crippen molar-refractivity contribution >= 4 is 11.8 Å². The van der Waals surface area contributed by atoms with Gasteiger partial charge >= 0.3 is 12.1 Å². The van der Waals surface area contributed by atoms with Crippen LogP contribution in [0.5, 0.6) is 0 Å². The average molecular weight is 423 g/mol. The minimum absolute atomic E-state index is 0.732. The zero-order valence-electron chi connectivity index (χ0n) is 16.6. The van der Waals surface area contributed by atoms with Crippen molar-refractivity contribution in [1.29, 1.82) is 0 Å². The van der Waals surface area contributed by atoms with E-state index in [9.17, 15) is 13.2 Å². The Hall–Kier alpha value is -2.75. The van der Waals surface area contributed by atoms with Crippen molar-refractivity contribution in [3.8, 4) is 0 Å². The third-order valence-corrected chi connectivity index (χ3v) is 5.32. The molecule has 2 fully saturated rings. The molecule has 2 aliphatic heterocycles. The molecule has 0 aliphatic carbocycles. The Bertz CT molecular complexity index is 850. The van der Waals surface area contributed by atoms with E-state index in [1.54, 1.807) is 12.4 Å². The fraction of sp³-hybridized carbons (Fsp3) is 0.500. The Balaban J connectivity index is 0.000000318. The summed E-state index contributed by atoms with van der Waals surface area (Å²) in [7, 11) is 0. The molecule has 1 N–H and O–H groups in total. The van der Waals surface area contributed by atoms with Gasteiger partial charge in [0.25, 0.3) is 0 Å². The van der Waals surface area contributed by atoms with Crippen LogP contribution in [0.25, 0.3) is 0 Å². The number of nitrogens with zero attached hydrogens (tertiary/aromatic N) is 5. The van der Waals surface area contributed by atoms with Crippen molar-refractivity contribution in [3.05, 3.63) is 48.2 Å². The molecule has 0 bridgehead atoms. The minimum atomic E-state index is -5.08. The van der Waals surface area contributed by atoms with E-state index in [1.165, 1.54) is 18.7 Å². The largest absolute Gasteiger partial charge is 0.490 e. The zero-order valence-corrected chi connectivity index (χ0v) is 16.6. The molecule has 30 heavy (non-hydrogen) atoms. The van der Waals surface area contributed by atoms with Crippen LogP contribution in [0.1, 0.15) is 17.8 Å². The van der Waals surface area contributed by atoms with Crippen LogP contribution in [0.2, 0.25) is 0 Å². The molecule has 162 valence electrons. The number of rotatable bonds is 3. The number of piperidine rings is 1. The summed E-state index contributed by atoms with van der Waals surface area (Å²) in [6.07, 6.45) is 1.57. The van der Waals surface area contributed by atoms with E-state index in [0.717, 1.165) is 49.5 Å². The number of likely N-dealkylation sites (tertiary alicyclic amines) is 1. The van der Waals surface area contributed by atoms with Gasteiger partial charge in [-0.15, -0.1) is 0 Å². The molecule has 7 nitrogen and oxygen atoms in total. The molecule has 0 unspecified atom stereocenters. The van der Waals surface area contributed by atoms with Crippen molar-refractivity contribution in [3.63, 3.8) is 0 Å². The lowest BCUT2D eigenvalue weighted by Gasteiger charge is -2.34. The number of aryl methyl sites for hydroxylation is 1. The second-order valence-electron chi connectivity index (χ2n) is 7.59. The van der Waals surface area contributed by atoms with E-state index < -0.39 is 12.1 Å². The number of fused-ring (bicyclic) bond motifs is 1. The molecule has 4 heterocycles. The number of hydrogen-bond acceptors (Lipinski definition) is 6. The van der Waals surface area contributed by atoms with Crippen LogP contribution in [-0.2, 0) is 11.3 Å². The van der Waals surface area contributed by atoms with Crippen molar-refractivity contribution in [2.75, 3.05) is 31.1 Å². The summed E-state index contributed by atoms with van der Waals surface area (Å²) in [5.74, 6) is -0.194. The number of carbonyl (C=O) groups is 1. The first kappa shape index (κ1) is 21.9. The lowest BCUT2D eigenvalue weighted by molar-refractivity contribution is -0.192. The molecule has 10 heteroatoms. The van der Waals surface area contributed by atoms with Crippen molar-refractivity contribution in [1.82, 2.24) is 19.9 Å². The number of anilines is 1. The number of halogens is 3. The smallest absolute Gasteiger partial charge is 0.475 e. The summed E-state index contributed by atoms with van der Waals surface area (Å²) in [4.78, 5) is 27.2. The monoisotopic (exact) mass is 423 g/mol. The topological polar surface area (TPSA) is 82.5 Å².